The van der Waals surface area contributed by atoms with Crippen molar-refractivity contribution in [2.75, 3.05) is 34.5 Å². The molecule has 0 atom stereocenters. The summed E-state index contributed by atoms with van der Waals surface area (Å²) in [5.74, 6) is 1.77. The summed E-state index contributed by atoms with van der Waals surface area (Å²) in [7, 11) is 4.80. The molecule has 2 aromatic heterocycles. The van der Waals surface area contributed by atoms with Crippen LogP contribution in [0.3, 0.4) is 0 Å². The highest BCUT2D eigenvalue weighted by atomic mass is 16.5. The van der Waals surface area contributed by atoms with E-state index in [2.05, 4.69) is 0 Å². The number of furan rings is 1. The highest BCUT2D eigenvalue weighted by molar-refractivity contribution is 5.93. The number of rotatable bonds is 11. The number of methoxy groups -OCH3 is 3. The van der Waals surface area contributed by atoms with E-state index in [1.54, 1.807) is 55.4 Å². The lowest BCUT2D eigenvalue weighted by molar-refractivity contribution is -0.127. The van der Waals surface area contributed by atoms with Crippen molar-refractivity contribution in [1.82, 2.24) is 14.7 Å². The first-order valence-electron chi connectivity index (χ1n) is 11.5. The molecule has 2 heterocycles. The lowest BCUT2D eigenvalue weighted by atomic mass is 10.1. The molecular weight excluding hydrogens is 458 g/mol. The number of ether oxygens (including phenoxy) is 3. The molecule has 36 heavy (non-hydrogen) atoms. The minimum Gasteiger partial charge on any atom is -0.493 e. The lowest BCUT2D eigenvalue weighted by Crippen LogP contribution is -2.31. The Balaban J connectivity index is 1.68. The number of benzene rings is 2. The van der Waals surface area contributed by atoms with Crippen molar-refractivity contribution in [3.8, 4) is 28.4 Å². The number of nitrogens with zero attached hydrogens (tertiary/aromatic N) is 3. The summed E-state index contributed by atoms with van der Waals surface area (Å²) in [5, 5.41) is 4.82. The molecular formula is C28H29N3O5. The Labute approximate surface area is 210 Å². The van der Waals surface area contributed by atoms with Crippen molar-refractivity contribution in [2.24, 2.45) is 0 Å². The van der Waals surface area contributed by atoms with Crippen molar-refractivity contribution in [3.63, 3.8) is 0 Å². The predicted octanol–water partition coefficient (Wildman–Crippen LogP) is 4.84. The van der Waals surface area contributed by atoms with E-state index in [4.69, 9.17) is 23.7 Å². The molecule has 0 spiro atoms. The van der Waals surface area contributed by atoms with E-state index >= 15 is 0 Å². The zero-order chi connectivity index (χ0) is 25.3. The largest absolute Gasteiger partial charge is 0.493 e. The average Bonchev–Trinajstić information content (AvgIpc) is 3.60. The Morgan fingerprint density at radius 1 is 1.03 bits per heavy atom. The van der Waals surface area contributed by atoms with Gasteiger partial charge < -0.3 is 23.5 Å². The molecule has 8 heteroatoms. The molecule has 4 rings (SSSR count). The quantitative estimate of drug-likeness (QED) is 0.282. The third kappa shape index (κ3) is 5.84. The Morgan fingerprint density at radius 3 is 2.53 bits per heavy atom. The Bertz CT molecular complexity index is 1300. The fourth-order valence-electron chi connectivity index (χ4n) is 3.76. The minimum atomic E-state index is -0.158. The molecule has 0 N–H and O–H groups in total. The van der Waals surface area contributed by atoms with Crippen LogP contribution in [0, 0.1) is 0 Å². The van der Waals surface area contributed by atoms with Crippen molar-refractivity contribution in [3.05, 3.63) is 90.5 Å². The van der Waals surface area contributed by atoms with Gasteiger partial charge in [-0.25, -0.2) is 4.68 Å². The summed E-state index contributed by atoms with van der Waals surface area (Å²) in [6.45, 7) is 1.21. The third-order valence-electron chi connectivity index (χ3n) is 5.63. The first-order chi connectivity index (χ1) is 17.6. The highest BCUT2D eigenvalue weighted by Crippen LogP contribution is 2.33. The maximum absolute atomic E-state index is 13.1. The molecule has 4 aromatic rings. The van der Waals surface area contributed by atoms with E-state index in [1.807, 2.05) is 60.8 Å². The molecule has 0 aliphatic carbocycles. The van der Waals surface area contributed by atoms with Gasteiger partial charge in [0.05, 0.1) is 39.3 Å². The Hall–Kier alpha value is -4.30. The first-order valence-corrected chi connectivity index (χ1v) is 11.5. The predicted molar refractivity (Wildman–Crippen MR) is 137 cm³/mol. The molecule has 1 amide bonds. The van der Waals surface area contributed by atoms with E-state index in [0.717, 1.165) is 16.8 Å². The molecule has 0 saturated heterocycles. The topological polar surface area (TPSA) is 79.0 Å². The summed E-state index contributed by atoms with van der Waals surface area (Å²) in [6, 6.07) is 19.1. The van der Waals surface area contributed by atoms with Gasteiger partial charge in [-0.15, -0.1) is 0 Å². The number of hydrogen-bond acceptors (Lipinski definition) is 6. The van der Waals surface area contributed by atoms with E-state index in [9.17, 15) is 4.79 Å². The Morgan fingerprint density at radius 2 is 1.83 bits per heavy atom. The zero-order valence-electron chi connectivity index (χ0n) is 20.6. The van der Waals surface area contributed by atoms with Crippen LogP contribution in [0.25, 0.3) is 23.0 Å². The monoisotopic (exact) mass is 487 g/mol. The second kappa shape index (κ2) is 11.9. The normalized spacial score (nSPS) is 11.1. The van der Waals surface area contributed by atoms with Gasteiger partial charge in [0.2, 0.25) is 5.91 Å². The van der Waals surface area contributed by atoms with Crippen LogP contribution < -0.4 is 9.47 Å². The summed E-state index contributed by atoms with van der Waals surface area (Å²) in [4.78, 5) is 14.8. The van der Waals surface area contributed by atoms with Crippen molar-refractivity contribution < 1.29 is 23.4 Å². The minimum absolute atomic E-state index is 0.158. The molecule has 2 aromatic carbocycles. The van der Waals surface area contributed by atoms with Crippen molar-refractivity contribution >= 4 is 12.0 Å². The fourth-order valence-corrected chi connectivity index (χ4v) is 3.76. The molecule has 0 bridgehead atoms. The molecule has 186 valence electrons. The van der Waals surface area contributed by atoms with Crippen LogP contribution in [-0.4, -0.2) is 55.1 Å². The summed E-state index contributed by atoms with van der Waals surface area (Å²) < 4.78 is 23.3. The summed E-state index contributed by atoms with van der Waals surface area (Å²) >= 11 is 0. The molecule has 8 nitrogen and oxygen atoms in total. The highest BCUT2D eigenvalue weighted by Gasteiger charge is 2.16. The van der Waals surface area contributed by atoms with E-state index < -0.39 is 0 Å². The second-order valence-corrected chi connectivity index (χ2v) is 7.95. The summed E-state index contributed by atoms with van der Waals surface area (Å²) in [5.41, 5.74) is 3.23. The van der Waals surface area contributed by atoms with Gasteiger partial charge in [0.1, 0.15) is 11.5 Å². The third-order valence-corrected chi connectivity index (χ3v) is 5.63. The van der Waals surface area contributed by atoms with Crippen LogP contribution in [0.1, 0.15) is 11.3 Å². The summed E-state index contributed by atoms with van der Waals surface area (Å²) in [6.07, 6.45) is 6.83. The molecule has 0 aliphatic rings. The van der Waals surface area contributed by atoms with Crippen LogP contribution in [0.5, 0.6) is 11.5 Å². The molecule has 0 unspecified atom stereocenters. The maximum Gasteiger partial charge on any atom is 0.247 e. The lowest BCUT2D eigenvalue weighted by Gasteiger charge is -2.19. The van der Waals surface area contributed by atoms with Gasteiger partial charge in [-0.2, -0.15) is 5.10 Å². The van der Waals surface area contributed by atoms with Crippen LogP contribution in [0.4, 0.5) is 0 Å². The molecule has 0 radical (unpaired) electrons. The fraction of sp³-hybridized carbons (Fsp3) is 0.214. The van der Waals surface area contributed by atoms with Crippen LogP contribution in [0.2, 0.25) is 0 Å². The van der Waals surface area contributed by atoms with Gasteiger partial charge in [0.25, 0.3) is 0 Å². The number of aromatic nitrogens is 2. The number of carbonyl (C=O) groups is 1. The SMILES string of the molecule is COCCN(Cc1ccco1)C(=O)/C=C/c1cn(-c2ccccc2)nc1-c1ccc(OC)c(OC)c1. The smallest absolute Gasteiger partial charge is 0.247 e. The van der Waals surface area contributed by atoms with Gasteiger partial charge in [-0.05, 0) is 48.5 Å². The van der Waals surface area contributed by atoms with E-state index in [-0.39, 0.29) is 5.91 Å². The van der Waals surface area contributed by atoms with Crippen molar-refractivity contribution in [1.29, 1.82) is 0 Å². The maximum atomic E-state index is 13.1. The molecule has 0 fully saturated rings. The average molecular weight is 488 g/mol. The zero-order valence-corrected chi connectivity index (χ0v) is 20.6. The van der Waals surface area contributed by atoms with Gasteiger partial charge >= 0.3 is 0 Å². The van der Waals surface area contributed by atoms with Crippen molar-refractivity contribution in [2.45, 2.75) is 6.54 Å². The van der Waals surface area contributed by atoms with Gasteiger partial charge in [0.15, 0.2) is 11.5 Å². The molecule has 0 aliphatic heterocycles. The standard InChI is InChI=1S/C28H29N3O5/c1-33-17-15-30(20-24-10-7-16-36-24)27(32)14-12-22-19-31(23-8-5-4-6-9-23)29-28(22)21-11-13-25(34-2)26(18-21)35-3/h4-14,16,18-19H,15,17,20H2,1-3H3/b14-12+. The first kappa shape index (κ1) is 24.8. The number of hydrogen-bond donors (Lipinski definition) is 0. The number of carbonyl (C=O) groups excluding carboxylic acids is 1. The number of para-hydroxylation sites is 1. The van der Waals surface area contributed by atoms with E-state index in [1.165, 1.54) is 0 Å². The second-order valence-electron chi connectivity index (χ2n) is 7.95. The van der Waals surface area contributed by atoms with Gasteiger partial charge in [0, 0.05) is 37.1 Å². The number of amides is 1. The van der Waals surface area contributed by atoms with Gasteiger partial charge in [-0.3, -0.25) is 4.79 Å². The van der Waals surface area contributed by atoms with E-state index in [0.29, 0.717) is 42.6 Å². The Kier molecular flexibility index (Phi) is 8.20. The molecule has 0 saturated carbocycles. The van der Waals surface area contributed by atoms with Gasteiger partial charge in [-0.1, -0.05) is 18.2 Å². The van der Waals surface area contributed by atoms with Crippen LogP contribution in [-0.2, 0) is 16.1 Å². The van der Waals surface area contributed by atoms with Crippen LogP contribution in [0.15, 0.2) is 83.6 Å². The van der Waals surface area contributed by atoms with Crippen LogP contribution >= 0.6 is 0 Å².